The molecule has 100 valence electrons. The number of hydrogen-bond donors (Lipinski definition) is 1. The molecule has 1 N–H and O–H groups in total. The molecule has 2 rings (SSSR count). The maximum Gasteiger partial charge on any atom is 0.0372 e. The summed E-state index contributed by atoms with van der Waals surface area (Å²) in [7, 11) is 2.06. The Hall–Kier alpha value is -0.890. The van der Waals surface area contributed by atoms with Crippen LogP contribution in [-0.2, 0) is 0 Å². The molecule has 18 heavy (non-hydrogen) atoms. The Labute approximate surface area is 111 Å². The van der Waals surface area contributed by atoms with Crippen molar-refractivity contribution in [2.24, 2.45) is 11.3 Å². The molecule has 0 amide bonds. The molecular formula is C16H26N2. The molecule has 1 aromatic heterocycles. The Morgan fingerprint density at radius 1 is 1.39 bits per heavy atom. The minimum atomic E-state index is 0.472. The highest BCUT2D eigenvalue weighted by atomic mass is 14.8. The third kappa shape index (κ3) is 3.11. The summed E-state index contributed by atoms with van der Waals surface area (Å²) in [5.74, 6) is 1.42. The molecule has 2 heteroatoms. The fraction of sp³-hybridized carbons (Fsp3) is 0.688. The minimum Gasteiger partial charge on any atom is -0.319 e. The summed E-state index contributed by atoms with van der Waals surface area (Å²) in [6, 6.07) is 4.42. The molecule has 1 aromatic rings. The second kappa shape index (κ2) is 5.40. The Kier molecular flexibility index (Phi) is 4.06. The van der Waals surface area contributed by atoms with Crippen molar-refractivity contribution in [2.45, 2.75) is 46.0 Å². The molecule has 2 atom stereocenters. The van der Waals surface area contributed by atoms with Gasteiger partial charge in [-0.05, 0) is 68.7 Å². The molecule has 1 aliphatic rings. The Balaban J connectivity index is 2.21. The minimum absolute atomic E-state index is 0.472. The van der Waals surface area contributed by atoms with Crippen LogP contribution in [0.15, 0.2) is 18.3 Å². The molecule has 1 fully saturated rings. The lowest BCUT2D eigenvalue weighted by molar-refractivity contribution is 0.161. The van der Waals surface area contributed by atoms with E-state index < -0.39 is 0 Å². The normalized spacial score (nSPS) is 27.1. The van der Waals surface area contributed by atoms with Crippen LogP contribution >= 0.6 is 0 Å². The maximum atomic E-state index is 4.48. The van der Waals surface area contributed by atoms with E-state index in [1.807, 2.05) is 0 Å². The molecule has 2 unspecified atom stereocenters. The molecule has 0 aliphatic heterocycles. The van der Waals surface area contributed by atoms with Crippen molar-refractivity contribution in [1.82, 2.24) is 10.3 Å². The largest absolute Gasteiger partial charge is 0.319 e. The number of aromatic nitrogens is 1. The third-order valence-corrected chi connectivity index (χ3v) is 4.36. The highest BCUT2D eigenvalue weighted by Gasteiger charge is 2.35. The van der Waals surface area contributed by atoms with Crippen molar-refractivity contribution in [3.05, 3.63) is 29.6 Å². The fourth-order valence-electron chi connectivity index (χ4n) is 3.24. The maximum absolute atomic E-state index is 4.48. The summed E-state index contributed by atoms with van der Waals surface area (Å²) in [6.07, 6.45) is 6.04. The van der Waals surface area contributed by atoms with Gasteiger partial charge < -0.3 is 5.32 Å². The van der Waals surface area contributed by atoms with E-state index in [9.17, 15) is 0 Å². The average molecular weight is 246 g/mol. The second-order valence-electron chi connectivity index (χ2n) is 6.56. The average Bonchev–Trinajstić information content (AvgIpc) is 2.32. The van der Waals surface area contributed by atoms with Crippen molar-refractivity contribution in [3.63, 3.8) is 0 Å². The first-order valence-corrected chi connectivity index (χ1v) is 7.09. The van der Waals surface area contributed by atoms with Gasteiger partial charge in [-0.2, -0.15) is 0 Å². The van der Waals surface area contributed by atoms with Crippen LogP contribution in [0, 0.1) is 18.3 Å². The first kappa shape index (κ1) is 13.5. The lowest BCUT2D eigenvalue weighted by Crippen LogP contribution is -2.33. The van der Waals surface area contributed by atoms with Crippen LogP contribution < -0.4 is 5.32 Å². The Morgan fingerprint density at radius 2 is 2.17 bits per heavy atom. The zero-order valence-corrected chi connectivity index (χ0v) is 12.2. The van der Waals surface area contributed by atoms with Gasteiger partial charge in [0.05, 0.1) is 0 Å². The molecule has 0 bridgehead atoms. The van der Waals surface area contributed by atoms with E-state index in [4.69, 9.17) is 0 Å². The highest BCUT2D eigenvalue weighted by molar-refractivity contribution is 5.20. The van der Waals surface area contributed by atoms with Crippen LogP contribution in [-0.4, -0.2) is 18.6 Å². The van der Waals surface area contributed by atoms with Crippen LogP contribution in [0.4, 0.5) is 0 Å². The van der Waals surface area contributed by atoms with Gasteiger partial charge in [-0.15, -0.1) is 0 Å². The van der Waals surface area contributed by atoms with Crippen molar-refractivity contribution in [1.29, 1.82) is 0 Å². The highest BCUT2D eigenvalue weighted by Crippen LogP contribution is 2.46. The molecule has 0 aromatic carbocycles. The molecular weight excluding hydrogens is 220 g/mol. The van der Waals surface area contributed by atoms with Gasteiger partial charge in [0.1, 0.15) is 0 Å². The van der Waals surface area contributed by atoms with Crippen molar-refractivity contribution < 1.29 is 0 Å². The van der Waals surface area contributed by atoms with Crippen LogP contribution in [0.25, 0.3) is 0 Å². The number of rotatable bonds is 3. The second-order valence-corrected chi connectivity index (χ2v) is 6.56. The number of nitrogens with one attached hydrogen (secondary N) is 1. The summed E-state index contributed by atoms with van der Waals surface area (Å²) in [5.41, 5.74) is 3.01. The predicted octanol–water partition coefficient (Wildman–Crippen LogP) is 3.52. The van der Waals surface area contributed by atoms with E-state index >= 15 is 0 Å². The first-order valence-electron chi connectivity index (χ1n) is 7.09. The van der Waals surface area contributed by atoms with Crippen LogP contribution in [0.1, 0.15) is 50.3 Å². The Morgan fingerprint density at radius 3 is 2.78 bits per heavy atom. The van der Waals surface area contributed by atoms with E-state index in [0.717, 1.165) is 18.2 Å². The van der Waals surface area contributed by atoms with Crippen LogP contribution in [0.3, 0.4) is 0 Å². The van der Waals surface area contributed by atoms with Gasteiger partial charge in [0.25, 0.3) is 0 Å². The topological polar surface area (TPSA) is 24.9 Å². The summed E-state index contributed by atoms with van der Waals surface area (Å²) in [6.45, 7) is 7.97. The molecule has 0 spiro atoms. The third-order valence-electron chi connectivity index (χ3n) is 4.36. The zero-order chi connectivity index (χ0) is 13.2. The Bertz CT molecular complexity index is 381. The number of hydrogen-bond acceptors (Lipinski definition) is 2. The fourth-order valence-corrected chi connectivity index (χ4v) is 3.24. The van der Waals surface area contributed by atoms with Gasteiger partial charge >= 0.3 is 0 Å². The lowest BCUT2D eigenvalue weighted by atomic mass is 9.65. The molecule has 1 aliphatic carbocycles. The summed E-state index contributed by atoms with van der Waals surface area (Å²) >= 11 is 0. The SMILES string of the molecule is CNCC1CCC(C)(C)CC1c1ccc(C)nc1. The lowest BCUT2D eigenvalue weighted by Gasteiger charge is -2.41. The van der Waals surface area contributed by atoms with Crippen molar-refractivity contribution in [2.75, 3.05) is 13.6 Å². The van der Waals surface area contributed by atoms with E-state index in [1.165, 1.54) is 24.8 Å². The summed E-state index contributed by atoms with van der Waals surface area (Å²) in [5, 5.41) is 3.36. The molecule has 1 heterocycles. The monoisotopic (exact) mass is 246 g/mol. The van der Waals surface area contributed by atoms with Gasteiger partial charge in [0.2, 0.25) is 0 Å². The van der Waals surface area contributed by atoms with Crippen LogP contribution in [0.5, 0.6) is 0 Å². The summed E-state index contributed by atoms with van der Waals surface area (Å²) in [4.78, 5) is 4.48. The van der Waals surface area contributed by atoms with Gasteiger partial charge in [0, 0.05) is 11.9 Å². The molecule has 0 saturated heterocycles. The van der Waals surface area contributed by atoms with Gasteiger partial charge in [-0.3, -0.25) is 4.98 Å². The van der Waals surface area contributed by atoms with E-state index in [2.05, 4.69) is 56.4 Å². The number of aryl methyl sites for hydroxylation is 1. The van der Waals surface area contributed by atoms with Gasteiger partial charge in [-0.25, -0.2) is 0 Å². The predicted molar refractivity (Wildman–Crippen MR) is 76.8 cm³/mol. The molecule has 1 saturated carbocycles. The molecule has 2 nitrogen and oxygen atoms in total. The quantitative estimate of drug-likeness (QED) is 0.882. The zero-order valence-electron chi connectivity index (χ0n) is 12.2. The molecule has 0 radical (unpaired) electrons. The van der Waals surface area contributed by atoms with Gasteiger partial charge in [0.15, 0.2) is 0 Å². The summed E-state index contributed by atoms with van der Waals surface area (Å²) < 4.78 is 0. The smallest absolute Gasteiger partial charge is 0.0372 e. The van der Waals surface area contributed by atoms with Crippen molar-refractivity contribution in [3.8, 4) is 0 Å². The van der Waals surface area contributed by atoms with Gasteiger partial charge in [-0.1, -0.05) is 19.9 Å². The standard InChI is InChI=1S/C16H26N2/c1-12-5-6-13(11-18-12)15-9-16(2,3)8-7-14(15)10-17-4/h5-6,11,14-15,17H,7-10H2,1-4H3. The number of nitrogens with zero attached hydrogens (tertiary/aromatic N) is 1. The van der Waals surface area contributed by atoms with E-state index in [-0.39, 0.29) is 0 Å². The number of pyridine rings is 1. The van der Waals surface area contributed by atoms with E-state index in [1.54, 1.807) is 0 Å². The van der Waals surface area contributed by atoms with E-state index in [0.29, 0.717) is 11.3 Å². The van der Waals surface area contributed by atoms with Crippen molar-refractivity contribution >= 4 is 0 Å². The van der Waals surface area contributed by atoms with Crippen LogP contribution in [0.2, 0.25) is 0 Å². The first-order chi connectivity index (χ1) is 8.52.